The second kappa shape index (κ2) is 5.28. The van der Waals surface area contributed by atoms with Gasteiger partial charge in [-0.15, -0.1) is 0 Å². The Balaban J connectivity index is 2.03. The van der Waals surface area contributed by atoms with Crippen molar-refractivity contribution in [3.63, 3.8) is 0 Å². The summed E-state index contributed by atoms with van der Waals surface area (Å²) in [5, 5.41) is 0.856. The molecule has 1 aromatic rings. The maximum absolute atomic E-state index is 6.06. The molecule has 2 rings (SSSR count). The first-order valence-corrected chi connectivity index (χ1v) is 6.71. The molecule has 0 atom stereocenters. The van der Waals surface area contributed by atoms with E-state index >= 15 is 0 Å². The number of hydrogen-bond donors (Lipinski definition) is 0. The van der Waals surface area contributed by atoms with Crippen LogP contribution in [0.5, 0.6) is 0 Å². The van der Waals surface area contributed by atoms with Gasteiger partial charge in [-0.2, -0.15) is 0 Å². The minimum absolute atomic E-state index is 0.657. The van der Waals surface area contributed by atoms with Crippen LogP contribution in [-0.4, -0.2) is 37.1 Å². The fraction of sp³-hybridized carbons (Fsp3) is 0.571. The molecule has 1 aliphatic rings. The number of hydrogen-bond acceptors (Lipinski definition) is 2. The normalized spacial score (nSPS) is 17.8. The molecular formula is C14H21ClN2. The van der Waals surface area contributed by atoms with E-state index in [-0.39, 0.29) is 0 Å². The Morgan fingerprint density at radius 1 is 1.12 bits per heavy atom. The first-order valence-electron chi connectivity index (χ1n) is 6.33. The highest BCUT2D eigenvalue weighted by molar-refractivity contribution is 6.31. The van der Waals surface area contributed by atoms with E-state index in [9.17, 15) is 0 Å². The summed E-state index contributed by atoms with van der Waals surface area (Å²) in [5.41, 5.74) is 2.46. The van der Waals surface area contributed by atoms with Crippen LogP contribution in [0.3, 0.4) is 0 Å². The van der Waals surface area contributed by atoms with Crippen LogP contribution in [0.2, 0.25) is 5.02 Å². The summed E-state index contributed by atoms with van der Waals surface area (Å²) in [6.07, 6.45) is 0. The number of nitrogens with zero attached hydrogens (tertiary/aromatic N) is 2. The van der Waals surface area contributed by atoms with E-state index in [2.05, 4.69) is 42.7 Å². The zero-order valence-corrected chi connectivity index (χ0v) is 11.7. The number of rotatable bonds is 2. The average Bonchev–Trinajstić information content (AvgIpc) is 2.33. The molecule has 1 heterocycles. The maximum atomic E-state index is 6.06. The van der Waals surface area contributed by atoms with Crippen molar-refractivity contribution in [1.82, 2.24) is 4.90 Å². The average molecular weight is 253 g/mol. The zero-order chi connectivity index (χ0) is 12.4. The van der Waals surface area contributed by atoms with Crippen molar-refractivity contribution in [2.45, 2.75) is 26.8 Å². The smallest absolute Gasteiger partial charge is 0.0436 e. The topological polar surface area (TPSA) is 6.48 Å². The van der Waals surface area contributed by atoms with Gasteiger partial charge >= 0.3 is 0 Å². The summed E-state index contributed by atoms with van der Waals surface area (Å²) >= 11 is 6.06. The van der Waals surface area contributed by atoms with Crippen LogP contribution in [0, 0.1) is 6.92 Å². The SMILES string of the molecule is Cc1cc(N2CCN(C(C)C)CC2)ccc1Cl. The highest BCUT2D eigenvalue weighted by Crippen LogP contribution is 2.23. The van der Waals surface area contributed by atoms with Crippen LogP contribution in [0.4, 0.5) is 5.69 Å². The summed E-state index contributed by atoms with van der Waals surface area (Å²) in [6.45, 7) is 11.1. The van der Waals surface area contributed by atoms with E-state index in [1.807, 2.05) is 6.07 Å². The largest absolute Gasteiger partial charge is 0.369 e. The van der Waals surface area contributed by atoms with Crippen LogP contribution in [0.1, 0.15) is 19.4 Å². The third kappa shape index (κ3) is 2.93. The molecule has 0 amide bonds. The first-order chi connectivity index (χ1) is 8.08. The van der Waals surface area contributed by atoms with Crippen molar-refractivity contribution in [3.8, 4) is 0 Å². The van der Waals surface area contributed by atoms with Gasteiger partial charge in [-0.05, 0) is 44.5 Å². The fourth-order valence-corrected chi connectivity index (χ4v) is 2.44. The van der Waals surface area contributed by atoms with Gasteiger partial charge in [0.1, 0.15) is 0 Å². The Labute approximate surface area is 109 Å². The van der Waals surface area contributed by atoms with E-state index in [0.717, 1.165) is 36.8 Å². The van der Waals surface area contributed by atoms with Crippen molar-refractivity contribution in [2.75, 3.05) is 31.1 Å². The van der Waals surface area contributed by atoms with E-state index in [0.29, 0.717) is 6.04 Å². The Hall–Kier alpha value is -0.730. The maximum Gasteiger partial charge on any atom is 0.0436 e. The lowest BCUT2D eigenvalue weighted by molar-refractivity contribution is 0.209. The van der Waals surface area contributed by atoms with Crippen molar-refractivity contribution < 1.29 is 0 Å². The molecule has 0 bridgehead atoms. The summed E-state index contributed by atoms with van der Waals surface area (Å²) < 4.78 is 0. The minimum Gasteiger partial charge on any atom is -0.369 e. The van der Waals surface area contributed by atoms with Gasteiger partial charge in [-0.25, -0.2) is 0 Å². The molecular weight excluding hydrogens is 232 g/mol. The number of benzene rings is 1. The molecule has 1 saturated heterocycles. The molecule has 17 heavy (non-hydrogen) atoms. The quantitative estimate of drug-likeness (QED) is 0.798. The molecule has 0 unspecified atom stereocenters. The first kappa shape index (κ1) is 12.7. The zero-order valence-electron chi connectivity index (χ0n) is 10.9. The second-order valence-electron chi connectivity index (χ2n) is 5.05. The van der Waals surface area contributed by atoms with Gasteiger partial charge in [0, 0.05) is 42.9 Å². The van der Waals surface area contributed by atoms with Gasteiger partial charge in [0.2, 0.25) is 0 Å². The third-order valence-electron chi connectivity index (χ3n) is 3.55. The molecule has 2 nitrogen and oxygen atoms in total. The Kier molecular flexibility index (Phi) is 3.95. The predicted molar refractivity (Wildman–Crippen MR) is 75.1 cm³/mol. The highest BCUT2D eigenvalue weighted by Gasteiger charge is 2.19. The lowest BCUT2D eigenvalue weighted by atomic mass is 10.1. The molecule has 0 N–H and O–H groups in total. The monoisotopic (exact) mass is 252 g/mol. The van der Waals surface area contributed by atoms with Gasteiger partial charge in [0.25, 0.3) is 0 Å². The number of piperazine rings is 1. The Bertz CT molecular complexity index is 382. The Morgan fingerprint density at radius 2 is 1.76 bits per heavy atom. The van der Waals surface area contributed by atoms with Crippen LogP contribution in [0.15, 0.2) is 18.2 Å². The minimum atomic E-state index is 0.657. The van der Waals surface area contributed by atoms with Crippen LogP contribution in [0.25, 0.3) is 0 Å². The predicted octanol–water partition coefficient (Wildman–Crippen LogP) is 3.18. The van der Waals surface area contributed by atoms with Crippen molar-refractivity contribution in [1.29, 1.82) is 0 Å². The lowest BCUT2D eigenvalue weighted by Crippen LogP contribution is -2.48. The van der Waals surface area contributed by atoms with Gasteiger partial charge in [-0.3, -0.25) is 4.90 Å². The molecule has 0 aromatic heterocycles. The van der Waals surface area contributed by atoms with E-state index in [1.165, 1.54) is 5.69 Å². The van der Waals surface area contributed by atoms with E-state index < -0.39 is 0 Å². The lowest BCUT2D eigenvalue weighted by Gasteiger charge is -2.38. The van der Waals surface area contributed by atoms with Gasteiger partial charge < -0.3 is 4.90 Å². The molecule has 1 fully saturated rings. The number of halogens is 1. The molecule has 1 aromatic carbocycles. The number of aryl methyl sites for hydroxylation is 1. The molecule has 94 valence electrons. The molecule has 0 saturated carbocycles. The van der Waals surface area contributed by atoms with Crippen LogP contribution < -0.4 is 4.90 Å². The highest BCUT2D eigenvalue weighted by atomic mass is 35.5. The van der Waals surface area contributed by atoms with Crippen molar-refractivity contribution >= 4 is 17.3 Å². The van der Waals surface area contributed by atoms with Crippen molar-refractivity contribution in [3.05, 3.63) is 28.8 Å². The summed E-state index contributed by atoms with van der Waals surface area (Å²) in [6, 6.07) is 6.97. The van der Waals surface area contributed by atoms with Crippen molar-refractivity contribution in [2.24, 2.45) is 0 Å². The molecule has 0 spiro atoms. The van der Waals surface area contributed by atoms with Gasteiger partial charge in [-0.1, -0.05) is 11.6 Å². The molecule has 0 aliphatic carbocycles. The van der Waals surface area contributed by atoms with E-state index in [1.54, 1.807) is 0 Å². The fourth-order valence-electron chi connectivity index (χ4n) is 2.32. The standard InChI is InChI=1S/C14H21ClN2/c1-11(2)16-6-8-17(9-7-16)13-4-5-14(15)12(3)10-13/h4-5,10-11H,6-9H2,1-3H3. The summed E-state index contributed by atoms with van der Waals surface area (Å²) in [5.74, 6) is 0. The number of anilines is 1. The molecule has 0 radical (unpaired) electrons. The molecule has 1 aliphatic heterocycles. The molecule has 3 heteroatoms. The summed E-state index contributed by atoms with van der Waals surface area (Å²) in [4.78, 5) is 4.97. The van der Waals surface area contributed by atoms with E-state index in [4.69, 9.17) is 11.6 Å². The summed E-state index contributed by atoms with van der Waals surface area (Å²) in [7, 11) is 0. The van der Waals surface area contributed by atoms with Gasteiger partial charge in [0.15, 0.2) is 0 Å². The van der Waals surface area contributed by atoms with Crippen LogP contribution in [-0.2, 0) is 0 Å². The van der Waals surface area contributed by atoms with Crippen LogP contribution >= 0.6 is 11.6 Å². The third-order valence-corrected chi connectivity index (χ3v) is 3.98. The second-order valence-corrected chi connectivity index (χ2v) is 5.46. The Morgan fingerprint density at radius 3 is 2.29 bits per heavy atom. The van der Waals surface area contributed by atoms with Gasteiger partial charge in [0.05, 0.1) is 0 Å².